The molecule has 2 rings (SSSR count). The number of carbonyl (C=O) groups excluding carboxylic acids is 1. The zero-order valence-electron chi connectivity index (χ0n) is 9.89. The lowest BCUT2D eigenvalue weighted by Gasteiger charge is -2.37. The van der Waals surface area contributed by atoms with Crippen LogP contribution in [0.2, 0.25) is 0 Å². The van der Waals surface area contributed by atoms with Crippen molar-refractivity contribution in [1.29, 1.82) is 0 Å². The Balaban J connectivity index is 2.07. The minimum Gasteiger partial charge on any atom is -0.394 e. The van der Waals surface area contributed by atoms with E-state index in [1.165, 1.54) is 0 Å². The Bertz CT molecular complexity index is 344. The third kappa shape index (κ3) is 2.29. The first-order valence-corrected chi connectivity index (χ1v) is 6.26. The summed E-state index contributed by atoms with van der Waals surface area (Å²) < 4.78 is 5.50. The zero-order valence-corrected chi connectivity index (χ0v) is 10.7. The molecule has 2 fully saturated rings. The Morgan fingerprint density at radius 3 is 2.71 bits per heavy atom. The molecule has 0 aromatic rings. The van der Waals surface area contributed by atoms with Gasteiger partial charge in [0, 0.05) is 13.1 Å². The molecule has 1 saturated heterocycles. The van der Waals surface area contributed by atoms with Gasteiger partial charge in [-0.05, 0) is 19.8 Å². The van der Waals surface area contributed by atoms with Crippen LogP contribution < -0.4 is 5.73 Å². The van der Waals surface area contributed by atoms with Crippen molar-refractivity contribution in [3.05, 3.63) is 0 Å². The average molecular weight is 258 g/mol. The molecule has 0 aromatic carbocycles. The molecule has 1 aliphatic carbocycles. The van der Waals surface area contributed by atoms with Gasteiger partial charge < -0.3 is 20.5 Å². The van der Waals surface area contributed by atoms with Crippen molar-refractivity contribution in [3.8, 4) is 0 Å². The second-order valence-corrected chi connectivity index (χ2v) is 5.35. The van der Waals surface area contributed by atoms with Crippen LogP contribution in [-0.4, -0.2) is 52.8 Å². The van der Waals surface area contributed by atoms with E-state index in [1.807, 2.05) is 6.92 Å². The maximum absolute atomic E-state index is 12.4. The number of nitrogens with zero attached hydrogens (tertiary/aromatic N) is 1. The summed E-state index contributed by atoms with van der Waals surface area (Å²) in [5.41, 5.74) is 5.04. The van der Waals surface area contributed by atoms with Crippen molar-refractivity contribution < 1.29 is 14.6 Å². The van der Waals surface area contributed by atoms with E-state index in [2.05, 4.69) is 0 Å². The molecule has 0 radical (unpaired) electrons. The standard InChI is InChI=1S/C11H18N2O3S/c1-7-4-13(5-8(6-14)16-7)10(15)11(2-3-11)9(12)17/h7-8,14H,2-6H2,1H3,(H2,12,17). The molecule has 0 bridgehead atoms. The van der Waals surface area contributed by atoms with Gasteiger partial charge in [0.25, 0.3) is 0 Å². The van der Waals surface area contributed by atoms with E-state index in [-0.39, 0.29) is 24.7 Å². The number of aliphatic hydroxyl groups excluding tert-OH is 1. The van der Waals surface area contributed by atoms with E-state index in [0.29, 0.717) is 18.1 Å². The van der Waals surface area contributed by atoms with Gasteiger partial charge in [0.1, 0.15) is 0 Å². The van der Waals surface area contributed by atoms with Crippen LogP contribution in [0.5, 0.6) is 0 Å². The van der Waals surface area contributed by atoms with Crippen molar-refractivity contribution in [1.82, 2.24) is 4.90 Å². The Morgan fingerprint density at radius 1 is 1.59 bits per heavy atom. The molecule has 1 aliphatic heterocycles. The first kappa shape index (κ1) is 12.7. The Morgan fingerprint density at radius 2 is 2.24 bits per heavy atom. The first-order valence-electron chi connectivity index (χ1n) is 5.85. The summed E-state index contributed by atoms with van der Waals surface area (Å²) in [7, 11) is 0. The third-order valence-electron chi connectivity index (χ3n) is 3.45. The minimum absolute atomic E-state index is 0.00130. The number of amides is 1. The van der Waals surface area contributed by atoms with Crippen molar-refractivity contribution >= 4 is 23.1 Å². The largest absolute Gasteiger partial charge is 0.394 e. The van der Waals surface area contributed by atoms with E-state index < -0.39 is 5.41 Å². The van der Waals surface area contributed by atoms with Gasteiger partial charge in [0.05, 0.1) is 29.2 Å². The third-order valence-corrected chi connectivity index (χ3v) is 3.84. The van der Waals surface area contributed by atoms with Gasteiger partial charge in [-0.2, -0.15) is 0 Å². The molecule has 3 N–H and O–H groups in total. The van der Waals surface area contributed by atoms with Crippen molar-refractivity contribution in [2.45, 2.75) is 32.0 Å². The lowest BCUT2D eigenvalue weighted by atomic mass is 10.0. The van der Waals surface area contributed by atoms with Crippen LogP contribution in [0.25, 0.3) is 0 Å². The molecule has 1 heterocycles. The topological polar surface area (TPSA) is 75.8 Å². The predicted molar refractivity (Wildman–Crippen MR) is 66.5 cm³/mol. The number of rotatable bonds is 3. The molecular weight excluding hydrogens is 240 g/mol. The van der Waals surface area contributed by atoms with Crippen LogP contribution >= 0.6 is 12.2 Å². The molecule has 5 nitrogen and oxygen atoms in total. The van der Waals surface area contributed by atoms with Gasteiger partial charge in [-0.1, -0.05) is 12.2 Å². The summed E-state index contributed by atoms with van der Waals surface area (Å²) in [6.07, 6.45) is 1.13. The smallest absolute Gasteiger partial charge is 0.235 e. The van der Waals surface area contributed by atoms with E-state index >= 15 is 0 Å². The number of hydrogen-bond donors (Lipinski definition) is 2. The molecule has 0 spiro atoms. The average Bonchev–Trinajstić information content (AvgIpc) is 3.08. The van der Waals surface area contributed by atoms with Crippen molar-refractivity contribution in [3.63, 3.8) is 0 Å². The number of morpholine rings is 1. The van der Waals surface area contributed by atoms with Crippen LogP contribution in [0.4, 0.5) is 0 Å². The predicted octanol–water partition coefficient (Wildman–Crippen LogP) is -0.339. The molecule has 2 atom stereocenters. The molecule has 6 heteroatoms. The molecule has 2 unspecified atom stereocenters. The van der Waals surface area contributed by atoms with E-state index in [0.717, 1.165) is 12.8 Å². The molecule has 17 heavy (non-hydrogen) atoms. The summed E-state index contributed by atoms with van der Waals surface area (Å²) in [5, 5.41) is 9.12. The monoisotopic (exact) mass is 258 g/mol. The molecule has 1 saturated carbocycles. The van der Waals surface area contributed by atoms with Gasteiger partial charge in [0.15, 0.2) is 0 Å². The molecule has 0 aromatic heterocycles. The lowest BCUT2D eigenvalue weighted by Crippen LogP contribution is -2.53. The molecule has 96 valence electrons. The molecular formula is C11H18N2O3S. The summed E-state index contributed by atoms with van der Waals surface area (Å²) in [6.45, 7) is 2.78. The van der Waals surface area contributed by atoms with Gasteiger partial charge in [-0.3, -0.25) is 4.79 Å². The SMILES string of the molecule is CC1CN(C(=O)C2(C(N)=S)CC2)CC(CO)O1. The normalized spacial score (nSPS) is 31.1. The van der Waals surface area contributed by atoms with Gasteiger partial charge in [-0.25, -0.2) is 0 Å². The quantitative estimate of drug-likeness (QED) is 0.677. The van der Waals surface area contributed by atoms with Crippen LogP contribution in [0.15, 0.2) is 0 Å². The number of hydrogen-bond acceptors (Lipinski definition) is 4. The molecule has 2 aliphatic rings. The Labute approximate surface area is 106 Å². The highest BCUT2D eigenvalue weighted by Gasteiger charge is 2.55. The van der Waals surface area contributed by atoms with Crippen LogP contribution in [-0.2, 0) is 9.53 Å². The maximum atomic E-state index is 12.4. The highest BCUT2D eigenvalue weighted by atomic mass is 32.1. The van der Waals surface area contributed by atoms with Crippen molar-refractivity contribution in [2.75, 3.05) is 19.7 Å². The second-order valence-electron chi connectivity index (χ2n) is 4.91. The fourth-order valence-corrected chi connectivity index (χ4v) is 2.60. The van der Waals surface area contributed by atoms with E-state index in [9.17, 15) is 4.79 Å². The summed E-state index contributed by atoms with van der Waals surface area (Å²) >= 11 is 4.98. The Hall–Kier alpha value is -0.720. The fourth-order valence-electron chi connectivity index (χ4n) is 2.31. The fraction of sp³-hybridized carbons (Fsp3) is 0.818. The number of ether oxygens (including phenoxy) is 1. The van der Waals surface area contributed by atoms with Gasteiger partial charge in [0.2, 0.25) is 5.91 Å². The van der Waals surface area contributed by atoms with Crippen LogP contribution in [0.1, 0.15) is 19.8 Å². The number of nitrogens with two attached hydrogens (primary N) is 1. The number of aliphatic hydroxyl groups is 1. The lowest BCUT2D eigenvalue weighted by molar-refractivity contribution is -0.150. The highest BCUT2D eigenvalue weighted by Crippen LogP contribution is 2.47. The van der Waals surface area contributed by atoms with E-state index in [4.69, 9.17) is 27.8 Å². The minimum atomic E-state index is -0.605. The first-order chi connectivity index (χ1) is 7.99. The summed E-state index contributed by atoms with van der Waals surface area (Å²) in [5.74, 6) is -0.00130. The van der Waals surface area contributed by atoms with Crippen LogP contribution in [0, 0.1) is 5.41 Å². The van der Waals surface area contributed by atoms with Crippen LogP contribution in [0.3, 0.4) is 0 Å². The number of thiocarbonyl (C=S) groups is 1. The molecule has 1 amide bonds. The van der Waals surface area contributed by atoms with E-state index in [1.54, 1.807) is 4.90 Å². The van der Waals surface area contributed by atoms with Crippen molar-refractivity contribution in [2.24, 2.45) is 11.1 Å². The highest BCUT2D eigenvalue weighted by molar-refractivity contribution is 7.80. The van der Waals surface area contributed by atoms with Gasteiger partial charge >= 0.3 is 0 Å². The number of carbonyl (C=O) groups is 1. The summed E-state index contributed by atoms with van der Waals surface area (Å²) in [6, 6.07) is 0. The summed E-state index contributed by atoms with van der Waals surface area (Å²) in [4.78, 5) is 14.4. The van der Waals surface area contributed by atoms with Gasteiger partial charge in [-0.15, -0.1) is 0 Å². The Kier molecular flexibility index (Phi) is 3.38. The zero-order chi connectivity index (χ0) is 12.6. The second kappa shape index (κ2) is 4.51. The maximum Gasteiger partial charge on any atom is 0.235 e.